The molecule has 20 heavy (non-hydrogen) atoms. The number of aliphatic carboxylic acids is 1. The van der Waals surface area contributed by atoms with Crippen molar-refractivity contribution in [2.24, 2.45) is 5.73 Å². The quantitative estimate of drug-likeness (QED) is 0.571. The third-order valence-electron chi connectivity index (χ3n) is 3.25. The van der Waals surface area contributed by atoms with E-state index in [0.717, 1.165) is 0 Å². The Morgan fingerprint density at radius 1 is 1.50 bits per heavy atom. The summed E-state index contributed by atoms with van der Waals surface area (Å²) in [6.45, 7) is 0.232. The van der Waals surface area contributed by atoms with E-state index >= 15 is 0 Å². The number of likely N-dealkylation sites (tertiary alicyclic amines) is 1. The Kier molecular flexibility index (Phi) is 6.80. The molecule has 0 bridgehead atoms. The number of nitrogens with one attached hydrogen (secondary N) is 1. The third-order valence-corrected chi connectivity index (χ3v) is 3.89. The molecule has 1 saturated heterocycles. The Labute approximate surface area is 122 Å². The summed E-state index contributed by atoms with van der Waals surface area (Å²) in [5, 5.41) is 11.7. The van der Waals surface area contributed by atoms with Crippen molar-refractivity contribution >= 4 is 29.5 Å². The maximum absolute atomic E-state index is 12.4. The van der Waals surface area contributed by atoms with Crippen LogP contribution >= 0.6 is 11.8 Å². The number of carboxylic acid groups (broad SMARTS) is 1. The van der Waals surface area contributed by atoms with Crippen molar-refractivity contribution in [3.63, 3.8) is 0 Å². The Hall–Kier alpha value is -1.28. The number of hydrogen-bond donors (Lipinski definition) is 3. The second-order valence-electron chi connectivity index (χ2n) is 4.63. The standard InChI is InChI=1S/C12H21N3O4S/c1-20-6-4-8(14-10(16)7-13)11(17)15-5-2-3-9(15)12(18)19/h8-9H,2-7,13H2,1H3,(H,14,16)(H,18,19)/t8-,9+/m0/s1. The summed E-state index contributed by atoms with van der Waals surface area (Å²) in [6, 6.07) is -1.48. The van der Waals surface area contributed by atoms with Gasteiger partial charge in [-0.05, 0) is 31.3 Å². The van der Waals surface area contributed by atoms with E-state index in [2.05, 4.69) is 5.32 Å². The van der Waals surface area contributed by atoms with E-state index in [9.17, 15) is 14.4 Å². The van der Waals surface area contributed by atoms with E-state index in [1.165, 1.54) is 4.90 Å². The van der Waals surface area contributed by atoms with Gasteiger partial charge < -0.3 is 21.1 Å². The number of nitrogens with two attached hydrogens (primary N) is 1. The molecule has 0 saturated carbocycles. The van der Waals surface area contributed by atoms with Crippen LogP contribution in [0.4, 0.5) is 0 Å². The zero-order chi connectivity index (χ0) is 15.1. The summed E-state index contributed by atoms with van der Waals surface area (Å²) in [7, 11) is 0. The van der Waals surface area contributed by atoms with Gasteiger partial charge in [-0.15, -0.1) is 0 Å². The third kappa shape index (κ3) is 4.38. The maximum atomic E-state index is 12.4. The number of carboxylic acids is 1. The van der Waals surface area contributed by atoms with Crippen LogP contribution in [0.25, 0.3) is 0 Å². The molecule has 0 unspecified atom stereocenters. The second-order valence-corrected chi connectivity index (χ2v) is 5.62. The summed E-state index contributed by atoms with van der Waals surface area (Å²) >= 11 is 1.56. The van der Waals surface area contributed by atoms with Crippen molar-refractivity contribution in [3.05, 3.63) is 0 Å². The Bertz CT molecular complexity index is 378. The van der Waals surface area contributed by atoms with E-state index in [1.54, 1.807) is 11.8 Å². The van der Waals surface area contributed by atoms with Gasteiger partial charge in [-0.2, -0.15) is 11.8 Å². The first kappa shape index (κ1) is 16.8. The molecule has 1 aliphatic rings. The van der Waals surface area contributed by atoms with Gasteiger partial charge in [0.1, 0.15) is 12.1 Å². The molecule has 114 valence electrons. The van der Waals surface area contributed by atoms with Crippen LogP contribution in [0.1, 0.15) is 19.3 Å². The minimum atomic E-state index is -0.996. The summed E-state index contributed by atoms with van der Waals surface area (Å²) in [6.07, 6.45) is 3.50. The largest absolute Gasteiger partial charge is 0.480 e. The van der Waals surface area contributed by atoms with Gasteiger partial charge in [0.05, 0.1) is 6.54 Å². The summed E-state index contributed by atoms with van der Waals surface area (Å²) in [5.74, 6) is -1.03. The van der Waals surface area contributed by atoms with Crippen molar-refractivity contribution in [3.8, 4) is 0 Å². The summed E-state index contributed by atoms with van der Waals surface area (Å²) in [4.78, 5) is 36.3. The number of hydrogen-bond acceptors (Lipinski definition) is 5. The second kappa shape index (κ2) is 8.11. The highest BCUT2D eigenvalue weighted by molar-refractivity contribution is 7.98. The molecular formula is C12H21N3O4S. The highest BCUT2D eigenvalue weighted by atomic mass is 32.2. The molecule has 1 rings (SSSR count). The van der Waals surface area contributed by atoms with Gasteiger partial charge in [0.2, 0.25) is 11.8 Å². The number of carbonyl (C=O) groups is 3. The molecule has 0 aromatic heterocycles. The van der Waals surface area contributed by atoms with Crippen LogP contribution in [-0.2, 0) is 14.4 Å². The van der Waals surface area contributed by atoms with Crippen LogP contribution < -0.4 is 11.1 Å². The topological polar surface area (TPSA) is 113 Å². The molecule has 0 aromatic rings. The minimum absolute atomic E-state index is 0.189. The van der Waals surface area contributed by atoms with Crippen molar-refractivity contribution in [1.29, 1.82) is 0 Å². The van der Waals surface area contributed by atoms with Gasteiger partial charge in [-0.3, -0.25) is 9.59 Å². The van der Waals surface area contributed by atoms with Gasteiger partial charge in [0.15, 0.2) is 0 Å². The molecular weight excluding hydrogens is 282 g/mol. The molecule has 1 heterocycles. The lowest BCUT2D eigenvalue weighted by Gasteiger charge is -2.27. The van der Waals surface area contributed by atoms with Crippen LogP contribution in [0.2, 0.25) is 0 Å². The van der Waals surface area contributed by atoms with E-state index in [-0.39, 0.29) is 12.5 Å². The first-order chi connectivity index (χ1) is 9.51. The fourth-order valence-corrected chi connectivity index (χ4v) is 2.71. The van der Waals surface area contributed by atoms with Gasteiger partial charge >= 0.3 is 5.97 Å². The minimum Gasteiger partial charge on any atom is -0.480 e. The van der Waals surface area contributed by atoms with Crippen LogP contribution in [-0.4, -0.2) is 65.0 Å². The SMILES string of the molecule is CSCC[C@H](NC(=O)CN)C(=O)N1CCC[C@@H]1C(=O)O. The Morgan fingerprint density at radius 2 is 2.20 bits per heavy atom. The van der Waals surface area contributed by atoms with E-state index in [4.69, 9.17) is 10.8 Å². The molecule has 7 nitrogen and oxygen atoms in total. The van der Waals surface area contributed by atoms with Crippen molar-refractivity contribution < 1.29 is 19.5 Å². The number of thioether (sulfide) groups is 1. The zero-order valence-electron chi connectivity index (χ0n) is 11.5. The van der Waals surface area contributed by atoms with Gasteiger partial charge in [0, 0.05) is 6.54 Å². The van der Waals surface area contributed by atoms with Crippen LogP contribution in [0.3, 0.4) is 0 Å². The highest BCUT2D eigenvalue weighted by Crippen LogP contribution is 2.19. The maximum Gasteiger partial charge on any atom is 0.326 e. The Balaban J connectivity index is 2.75. The predicted molar refractivity (Wildman–Crippen MR) is 76.4 cm³/mol. The predicted octanol–water partition coefficient (Wildman–Crippen LogP) is -0.741. The average Bonchev–Trinajstić information content (AvgIpc) is 2.91. The fraction of sp³-hybridized carbons (Fsp3) is 0.750. The normalized spacial score (nSPS) is 19.7. The van der Waals surface area contributed by atoms with E-state index < -0.39 is 24.0 Å². The molecule has 1 aliphatic heterocycles. The molecule has 0 radical (unpaired) electrons. The average molecular weight is 303 g/mol. The lowest BCUT2D eigenvalue weighted by Crippen LogP contribution is -2.52. The smallest absolute Gasteiger partial charge is 0.326 e. The number of nitrogens with zero attached hydrogens (tertiary/aromatic N) is 1. The monoisotopic (exact) mass is 303 g/mol. The summed E-state index contributed by atoms with van der Waals surface area (Å²) < 4.78 is 0. The van der Waals surface area contributed by atoms with Gasteiger partial charge in [0.25, 0.3) is 0 Å². The number of rotatable bonds is 7. The van der Waals surface area contributed by atoms with E-state index in [0.29, 0.717) is 31.6 Å². The van der Waals surface area contributed by atoms with Crippen molar-refractivity contribution in [2.75, 3.05) is 25.1 Å². The number of amides is 2. The molecule has 1 fully saturated rings. The molecule has 8 heteroatoms. The lowest BCUT2D eigenvalue weighted by molar-refractivity contribution is -0.149. The van der Waals surface area contributed by atoms with E-state index in [1.807, 2.05) is 6.26 Å². The first-order valence-electron chi connectivity index (χ1n) is 6.53. The Morgan fingerprint density at radius 3 is 2.75 bits per heavy atom. The van der Waals surface area contributed by atoms with Gasteiger partial charge in [-0.1, -0.05) is 0 Å². The van der Waals surface area contributed by atoms with Crippen molar-refractivity contribution in [1.82, 2.24) is 10.2 Å². The molecule has 0 aromatic carbocycles. The first-order valence-corrected chi connectivity index (χ1v) is 7.92. The molecule has 0 spiro atoms. The van der Waals surface area contributed by atoms with Crippen LogP contribution in [0.5, 0.6) is 0 Å². The van der Waals surface area contributed by atoms with Gasteiger partial charge in [-0.25, -0.2) is 4.79 Å². The van der Waals surface area contributed by atoms with Crippen LogP contribution in [0.15, 0.2) is 0 Å². The molecule has 4 N–H and O–H groups in total. The summed E-state index contributed by atoms with van der Waals surface area (Å²) in [5.41, 5.74) is 5.24. The highest BCUT2D eigenvalue weighted by Gasteiger charge is 2.37. The molecule has 0 aliphatic carbocycles. The zero-order valence-corrected chi connectivity index (χ0v) is 12.3. The lowest BCUT2D eigenvalue weighted by atomic mass is 10.1. The fourth-order valence-electron chi connectivity index (χ4n) is 2.23. The molecule has 2 atom stereocenters. The molecule has 2 amide bonds. The van der Waals surface area contributed by atoms with Crippen molar-refractivity contribution in [2.45, 2.75) is 31.3 Å². The van der Waals surface area contributed by atoms with Crippen LogP contribution in [0, 0.1) is 0 Å². The number of carbonyl (C=O) groups excluding carboxylic acids is 2.